The second kappa shape index (κ2) is 6.51. The third kappa shape index (κ3) is 3.05. The van der Waals surface area contributed by atoms with E-state index in [9.17, 15) is 4.79 Å². The minimum Gasteiger partial charge on any atom is -0.337 e. The van der Waals surface area contributed by atoms with Crippen LogP contribution in [-0.2, 0) is 0 Å². The highest BCUT2D eigenvalue weighted by atomic mass is 16.5. The SMILES string of the molecule is Cc1cccc(C(=O)N2CCCC2c2nc(-c3ccccc3)no2)c1. The molecule has 2 heterocycles. The fraction of sp³-hybridized carbons (Fsp3) is 0.250. The van der Waals surface area contributed by atoms with E-state index in [1.54, 1.807) is 0 Å². The quantitative estimate of drug-likeness (QED) is 0.726. The molecular formula is C20H19N3O2. The van der Waals surface area contributed by atoms with Crippen molar-refractivity contribution < 1.29 is 9.32 Å². The molecular weight excluding hydrogens is 314 g/mol. The first-order valence-electron chi connectivity index (χ1n) is 8.49. The van der Waals surface area contributed by atoms with Crippen LogP contribution in [0.3, 0.4) is 0 Å². The van der Waals surface area contributed by atoms with E-state index in [4.69, 9.17) is 4.52 Å². The maximum atomic E-state index is 12.9. The molecule has 0 N–H and O–H groups in total. The molecule has 3 aromatic rings. The Bertz CT molecular complexity index is 889. The lowest BCUT2D eigenvalue weighted by atomic mass is 10.1. The van der Waals surface area contributed by atoms with Crippen molar-refractivity contribution >= 4 is 5.91 Å². The van der Waals surface area contributed by atoms with E-state index in [1.165, 1.54) is 0 Å². The Morgan fingerprint density at radius 2 is 2.00 bits per heavy atom. The Kier molecular flexibility index (Phi) is 4.06. The van der Waals surface area contributed by atoms with Crippen molar-refractivity contribution in [1.82, 2.24) is 15.0 Å². The molecule has 1 atom stereocenters. The summed E-state index contributed by atoms with van der Waals surface area (Å²) in [6, 6.07) is 17.2. The summed E-state index contributed by atoms with van der Waals surface area (Å²) >= 11 is 0. The zero-order chi connectivity index (χ0) is 17.2. The highest BCUT2D eigenvalue weighted by molar-refractivity contribution is 5.94. The first-order chi connectivity index (χ1) is 12.2. The van der Waals surface area contributed by atoms with Crippen molar-refractivity contribution in [3.05, 3.63) is 71.6 Å². The number of rotatable bonds is 3. The number of aryl methyl sites for hydroxylation is 1. The van der Waals surface area contributed by atoms with Crippen LogP contribution in [0.1, 0.15) is 40.7 Å². The van der Waals surface area contributed by atoms with Crippen LogP contribution in [0, 0.1) is 6.92 Å². The maximum Gasteiger partial charge on any atom is 0.254 e. The number of amides is 1. The lowest BCUT2D eigenvalue weighted by molar-refractivity contribution is 0.0710. The maximum absolute atomic E-state index is 12.9. The summed E-state index contributed by atoms with van der Waals surface area (Å²) in [6.07, 6.45) is 1.78. The van der Waals surface area contributed by atoms with Crippen molar-refractivity contribution in [2.75, 3.05) is 6.54 Å². The number of hydrogen-bond donors (Lipinski definition) is 0. The molecule has 1 fully saturated rings. The van der Waals surface area contributed by atoms with Gasteiger partial charge in [0.25, 0.3) is 5.91 Å². The van der Waals surface area contributed by atoms with Crippen molar-refractivity contribution in [3.8, 4) is 11.4 Å². The van der Waals surface area contributed by atoms with Gasteiger partial charge in [0.15, 0.2) is 0 Å². The number of benzene rings is 2. The number of likely N-dealkylation sites (tertiary alicyclic amines) is 1. The fourth-order valence-electron chi connectivity index (χ4n) is 3.29. The molecule has 1 unspecified atom stereocenters. The summed E-state index contributed by atoms with van der Waals surface area (Å²) in [5.74, 6) is 1.09. The van der Waals surface area contributed by atoms with E-state index in [-0.39, 0.29) is 11.9 Å². The van der Waals surface area contributed by atoms with Crippen molar-refractivity contribution in [3.63, 3.8) is 0 Å². The third-order valence-electron chi connectivity index (χ3n) is 4.54. The molecule has 25 heavy (non-hydrogen) atoms. The van der Waals surface area contributed by atoms with Crippen molar-refractivity contribution in [1.29, 1.82) is 0 Å². The first-order valence-corrected chi connectivity index (χ1v) is 8.49. The van der Waals surface area contributed by atoms with Gasteiger partial charge >= 0.3 is 0 Å². The number of carbonyl (C=O) groups excluding carboxylic acids is 1. The highest BCUT2D eigenvalue weighted by Crippen LogP contribution is 2.33. The van der Waals surface area contributed by atoms with Gasteiger partial charge in [-0.15, -0.1) is 0 Å². The van der Waals surface area contributed by atoms with Gasteiger partial charge < -0.3 is 9.42 Å². The van der Waals surface area contributed by atoms with E-state index in [0.29, 0.717) is 23.8 Å². The Labute approximate surface area is 146 Å². The minimum atomic E-state index is -0.155. The topological polar surface area (TPSA) is 59.2 Å². The lowest BCUT2D eigenvalue weighted by Crippen LogP contribution is -2.30. The standard InChI is InChI=1S/C20H19N3O2/c1-14-7-5-10-16(13-14)20(24)23-12-6-11-17(23)19-21-18(22-25-19)15-8-3-2-4-9-15/h2-5,7-10,13,17H,6,11-12H2,1H3. The minimum absolute atomic E-state index is 0.0191. The normalized spacial score (nSPS) is 17.0. The van der Waals surface area contributed by atoms with Crippen LogP contribution < -0.4 is 0 Å². The van der Waals surface area contributed by atoms with Gasteiger partial charge in [0.05, 0.1) is 0 Å². The van der Waals surface area contributed by atoms with Crippen molar-refractivity contribution in [2.24, 2.45) is 0 Å². The Balaban J connectivity index is 1.60. The van der Waals surface area contributed by atoms with E-state index < -0.39 is 0 Å². The summed E-state index contributed by atoms with van der Waals surface area (Å²) in [5, 5.41) is 4.09. The Morgan fingerprint density at radius 3 is 2.80 bits per heavy atom. The predicted octanol–water partition coefficient (Wildman–Crippen LogP) is 4.02. The lowest BCUT2D eigenvalue weighted by Gasteiger charge is -2.22. The van der Waals surface area contributed by atoms with Crippen LogP contribution >= 0.6 is 0 Å². The van der Waals surface area contributed by atoms with Crippen LogP contribution in [0.2, 0.25) is 0 Å². The predicted molar refractivity (Wildman–Crippen MR) is 93.9 cm³/mol. The molecule has 1 aromatic heterocycles. The highest BCUT2D eigenvalue weighted by Gasteiger charge is 2.34. The number of nitrogens with zero attached hydrogens (tertiary/aromatic N) is 3. The second-order valence-corrected chi connectivity index (χ2v) is 6.35. The molecule has 0 bridgehead atoms. The van der Waals surface area contributed by atoms with E-state index in [0.717, 1.165) is 24.0 Å². The van der Waals surface area contributed by atoms with Crippen LogP contribution in [0.5, 0.6) is 0 Å². The molecule has 0 spiro atoms. The molecule has 0 radical (unpaired) electrons. The summed E-state index contributed by atoms with van der Waals surface area (Å²) in [6.45, 7) is 2.70. The zero-order valence-corrected chi connectivity index (χ0v) is 14.1. The molecule has 1 saturated heterocycles. The molecule has 126 valence electrons. The largest absolute Gasteiger partial charge is 0.337 e. The molecule has 1 amide bonds. The van der Waals surface area contributed by atoms with Crippen LogP contribution in [0.25, 0.3) is 11.4 Å². The molecule has 2 aromatic carbocycles. The second-order valence-electron chi connectivity index (χ2n) is 6.35. The van der Waals surface area contributed by atoms with Gasteiger partial charge in [-0.25, -0.2) is 0 Å². The van der Waals surface area contributed by atoms with Gasteiger partial charge in [0.1, 0.15) is 6.04 Å². The summed E-state index contributed by atoms with van der Waals surface area (Å²) in [5.41, 5.74) is 2.69. The van der Waals surface area contributed by atoms with Crippen molar-refractivity contribution in [2.45, 2.75) is 25.8 Å². The van der Waals surface area contributed by atoms with Gasteiger partial charge in [-0.3, -0.25) is 4.79 Å². The van der Waals surface area contributed by atoms with Crippen LogP contribution in [0.15, 0.2) is 59.1 Å². The number of aromatic nitrogens is 2. The molecule has 0 saturated carbocycles. The molecule has 1 aliphatic heterocycles. The van der Waals surface area contributed by atoms with Gasteiger partial charge in [-0.05, 0) is 31.9 Å². The number of hydrogen-bond acceptors (Lipinski definition) is 4. The zero-order valence-electron chi connectivity index (χ0n) is 14.1. The monoisotopic (exact) mass is 333 g/mol. The Morgan fingerprint density at radius 1 is 1.16 bits per heavy atom. The van der Waals surface area contributed by atoms with E-state index >= 15 is 0 Å². The fourth-order valence-corrected chi connectivity index (χ4v) is 3.29. The van der Waals surface area contributed by atoms with E-state index in [1.807, 2.05) is 66.4 Å². The molecule has 1 aliphatic rings. The molecule has 5 nitrogen and oxygen atoms in total. The van der Waals surface area contributed by atoms with Gasteiger partial charge in [-0.1, -0.05) is 53.2 Å². The van der Waals surface area contributed by atoms with Gasteiger partial charge in [0.2, 0.25) is 11.7 Å². The molecule has 0 aliphatic carbocycles. The third-order valence-corrected chi connectivity index (χ3v) is 4.54. The van der Waals surface area contributed by atoms with Gasteiger partial charge in [0, 0.05) is 17.7 Å². The van der Waals surface area contributed by atoms with E-state index in [2.05, 4.69) is 10.1 Å². The average Bonchev–Trinajstić information content (AvgIpc) is 3.31. The molecule has 4 rings (SSSR count). The summed E-state index contributed by atoms with van der Waals surface area (Å²) in [4.78, 5) is 19.3. The van der Waals surface area contributed by atoms with Crippen LogP contribution in [0.4, 0.5) is 0 Å². The smallest absolute Gasteiger partial charge is 0.254 e. The van der Waals surface area contributed by atoms with Gasteiger partial charge in [-0.2, -0.15) is 4.98 Å². The average molecular weight is 333 g/mol. The van der Waals surface area contributed by atoms with Crippen LogP contribution in [-0.4, -0.2) is 27.5 Å². The Hall–Kier alpha value is -2.95. The first kappa shape index (κ1) is 15.6. The molecule has 5 heteroatoms. The summed E-state index contributed by atoms with van der Waals surface area (Å²) < 4.78 is 5.49. The summed E-state index contributed by atoms with van der Waals surface area (Å²) in [7, 11) is 0. The number of carbonyl (C=O) groups is 1.